The Morgan fingerprint density at radius 3 is 2.77 bits per heavy atom. The number of nitrogens with zero attached hydrogens (tertiary/aromatic N) is 4. The molecule has 130 valence electrons. The zero-order valence-electron chi connectivity index (χ0n) is 13.9. The van der Waals surface area contributed by atoms with Gasteiger partial charge in [-0.2, -0.15) is 0 Å². The summed E-state index contributed by atoms with van der Waals surface area (Å²) in [6.45, 7) is 1.72. The van der Waals surface area contributed by atoms with E-state index in [1.54, 1.807) is 25.4 Å². The lowest BCUT2D eigenvalue weighted by Crippen LogP contribution is -2.37. The number of amides is 1. The number of aromatic nitrogens is 4. The van der Waals surface area contributed by atoms with Crippen molar-refractivity contribution in [3.05, 3.63) is 65.3 Å². The van der Waals surface area contributed by atoms with Crippen molar-refractivity contribution in [1.82, 2.24) is 25.3 Å². The van der Waals surface area contributed by atoms with Gasteiger partial charge in [-0.3, -0.25) is 4.79 Å². The van der Waals surface area contributed by atoms with Crippen molar-refractivity contribution in [3.63, 3.8) is 0 Å². The Morgan fingerprint density at radius 2 is 2.00 bits per heavy atom. The predicted molar refractivity (Wildman–Crippen MR) is 92.5 cm³/mol. The number of halogens is 1. The fourth-order valence-electron chi connectivity index (χ4n) is 3.28. The van der Waals surface area contributed by atoms with E-state index in [-0.39, 0.29) is 23.7 Å². The zero-order valence-corrected chi connectivity index (χ0v) is 13.9. The summed E-state index contributed by atoms with van der Waals surface area (Å²) < 4.78 is 13.9. The summed E-state index contributed by atoms with van der Waals surface area (Å²) in [5.41, 5.74) is 9.36. The molecule has 8 heteroatoms. The molecular formula is C18H15FN6O. The Labute approximate surface area is 148 Å². The van der Waals surface area contributed by atoms with E-state index in [1.165, 1.54) is 18.5 Å². The topological polar surface area (TPSA) is 107 Å². The van der Waals surface area contributed by atoms with Crippen molar-refractivity contribution in [2.75, 3.05) is 5.73 Å². The van der Waals surface area contributed by atoms with Crippen LogP contribution < -0.4 is 11.1 Å². The molecule has 0 radical (unpaired) electrons. The van der Waals surface area contributed by atoms with E-state index in [2.05, 4.69) is 25.3 Å². The first kappa shape index (κ1) is 16.1. The lowest BCUT2D eigenvalue weighted by atomic mass is 9.89. The second-order valence-electron chi connectivity index (χ2n) is 6.08. The summed E-state index contributed by atoms with van der Waals surface area (Å²) in [6, 6.07) is 4.06. The van der Waals surface area contributed by atoms with Crippen molar-refractivity contribution in [2.45, 2.75) is 19.4 Å². The molecule has 3 N–H and O–H groups in total. The van der Waals surface area contributed by atoms with Crippen molar-refractivity contribution < 1.29 is 9.18 Å². The summed E-state index contributed by atoms with van der Waals surface area (Å²) in [6.07, 6.45) is 5.05. The maximum absolute atomic E-state index is 13.9. The van der Waals surface area contributed by atoms with Gasteiger partial charge in [-0.05, 0) is 30.2 Å². The molecule has 0 saturated heterocycles. The number of rotatable bonds is 2. The second kappa shape index (κ2) is 6.14. The summed E-state index contributed by atoms with van der Waals surface area (Å²) in [5.74, 6) is -0.517. The van der Waals surface area contributed by atoms with Gasteiger partial charge in [0.25, 0.3) is 5.91 Å². The molecule has 0 fully saturated rings. The average molecular weight is 350 g/mol. The average Bonchev–Trinajstić information content (AvgIpc) is 2.61. The molecule has 1 aromatic carbocycles. The number of carbonyl (C=O) groups excluding carboxylic acids is 1. The maximum atomic E-state index is 13.9. The Kier molecular flexibility index (Phi) is 3.80. The first-order valence-corrected chi connectivity index (χ1v) is 8.01. The summed E-state index contributed by atoms with van der Waals surface area (Å²) in [5, 5.41) is 2.96. The van der Waals surface area contributed by atoms with Crippen molar-refractivity contribution >= 4 is 11.9 Å². The fourth-order valence-corrected chi connectivity index (χ4v) is 3.28. The van der Waals surface area contributed by atoms with Crippen LogP contribution in [0.4, 0.5) is 10.3 Å². The van der Waals surface area contributed by atoms with E-state index in [1.807, 2.05) is 0 Å². The number of aryl methyl sites for hydroxylation is 1. The highest BCUT2D eigenvalue weighted by Gasteiger charge is 2.30. The van der Waals surface area contributed by atoms with Gasteiger partial charge >= 0.3 is 0 Å². The Balaban J connectivity index is 1.81. The number of fused-ring (bicyclic) bond motifs is 1. The molecule has 0 spiro atoms. The van der Waals surface area contributed by atoms with E-state index in [0.717, 1.165) is 5.56 Å². The number of hydrogen-bond acceptors (Lipinski definition) is 6. The van der Waals surface area contributed by atoms with Crippen LogP contribution in [0.25, 0.3) is 11.1 Å². The maximum Gasteiger partial charge on any atom is 0.255 e. The largest absolute Gasteiger partial charge is 0.368 e. The molecule has 1 amide bonds. The fraction of sp³-hybridized carbons (Fsp3) is 0.167. The Morgan fingerprint density at radius 1 is 1.23 bits per heavy atom. The molecule has 0 aliphatic carbocycles. The molecule has 7 nitrogen and oxygen atoms in total. The molecule has 26 heavy (non-hydrogen) atoms. The third kappa shape index (κ3) is 2.75. The zero-order chi connectivity index (χ0) is 18.3. The Hall–Kier alpha value is -3.42. The first-order valence-electron chi connectivity index (χ1n) is 8.01. The van der Waals surface area contributed by atoms with Crippen LogP contribution in [0.1, 0.15) is 33.4 Å². The molecule has 0 saturated carbocycles. The van der Waals surface area contributed by atoms with Gasteiger partial charge in [0.15, 0.2) is 0 Å². The van der Waals surface area contributed by atoms with Crippen LogP contribution in [0.5, 0.6) is 0 Å². The minimum atomic E-state index is -0.377. The molecule has 1 atom stereocenters. The number of carbonyl (C=O) groups is 1. The minimum Gasteiger partial charge on any atom is -0.368 e. The van der Waals surface area contributed by atoms with Gasteiger partial charge in [0.1, 0.15) is 12.1 Å². The lowest BCUT2D eigenvalue weighted by molar-refractivity contribution is 0.0922. The highest BCUT2D eigenvalue weighted by molar-refractivity contribution is 5.98. The van der Waals surface area contributed by atoms with E-state index in [0.29, 0.717) is 34.5 Å². The number of nitrogens with two attached hydrogens (primary N) is 1. The van der Waals surface area contributed by atoms with E-state index in [4.69, 9.17) is 5.73 Å². The van der Waals surface area contributed by atoms with Gasteiger partial charge < -0.3 is 11.1 Å². The molecular weight excluding hydrogens is 335 g/mol. The predicted octanol–water partition coefficient (Wildman–Crippen LogP) is 1.99. The third-order valence-corrected chi connectivity index (χ3v) is 4.37. The van der Waals surface area contributed by atoms with Crippen LogP contribution >= 0.6 is 0 Å². The monoisotopic (exact) mass is 350 g/mol. The van der Waals surface area contributed by atoms with Gasteiger partial charge in [-0.1, -0.05) is 6.07 Å². The molecule has 3 aromatic rings. The number of nitrogens with one attached hydrogen (secondary N) is 1. The highest BCUT2D eigenvalue weighted by atomic mass is 19.1. The summed E-state index contributed by atoms with van der Waals surface area (Å²) in [7, 11) is 0. The molecule has 2 aromatic heterocycles. The number of benzene rings is 1. The SMILES string of the molecule is Cc1nc(N)nc2c1C(=O)NC(c1ccc(F)cc1-c1cncnc1)C2. The summed E-state index contributed by atoms with van der Waals surface area (Å²) >= 11 is 0. The van der Waals surface area contributed by atoms with Crippen LogP contribution in [-0.2, 0) is 6.42 Å². The van der Waals surface area contributed by atoms with E-state index >= 15 is 0 Å². The van der Waals surface area contributed by atoms with Crippen LogP contribution in [0.15, 0.2) is 36.9 Å². The molecule has 1 aliphatic heterocycles. The van der Waals surface area contributed by atoms with Crippen LogP contribution in [0.3, 0.4) is 0 Å². The second-order valence-corrected chi connectivity index (χ2v) is 6.08. The third-order valence-electron chi connectivity index (χ3n) is 4.37. The first-order chi connectivity index (χ1) is 12.5. The van der Waals surface area contributed by atoms with E-state index in [9.17, 15) is 9.18 Å². The van der Waals surface area contributed by atoms with Crippen molar-refractivity contribution in [2.24, 2.45) is 0 Å². The number of hydrogen-bond donors (Lipinski definition) is 2. The van der Waals surface area contributed by atoms with Gasteiger partial charge in [-0.15, -0.1) is 0 Å². The number of nitrogen functional groups attached to an aromatic ring is 1. The smallest absolute Gasteiger partial charge is 0.255 e. The van der Waals surface area contributed by atoms with Crippen molar-refractivity contribution in [1.29, 1.82) is 0 Å². The Bertz CT molecular complexity index is 1010. The van der Waals surface area contributed by atoms with Gasteiger partial charge in [0, 0.05) is 24.4 Å². The van der Waals surface area contributed by atoms with Crippen molar-refractivity contribution in [3.8, 4) is 11.1 Å². The molecule has 1 unspecified atom stereocenters. The van der Waals surface area contributed by atoms with Gasteiger partial charge in [0.05, 0.1) is 23.0 Å². The van der Waals surface area contributed by atoms with Gasteiger partial charge in [0.2, 0.25) is 5.95 Å². The standard InChI is InChI=1S/C18H15FN6O/c1-9-16-15(25-18(20)23-9)5-14(24-17(16)26)12-3-2-11(19)4-13(12)10-6-21-8-22-7-10/h2-4,6-8,14H,5H2,1H3,(H,24,26)(H2,20,23,25). The van der Waals surface area contributed by atoms with Gasteiger partial charge in [-0.25, -0.2) is 24.3 Å². The van der Waals surface area contributed by atoms with Crippen LogP contribution in [0.2, 0.25) is 0 Å². The summed E-state index contributed by atoms with van der Waals surface area (Å²) in [4.78, 5) is 28.9. The number of anilines is 1. The molecule has 3 heterocycles. The molecule has 4 rings (SSSR count). The minimum absolute atomic E-state index is 0.130. The van der Waals surface area contributed by atoms with Crippen LogP contribution in [-0.4, -0.2) is 25.8 Å². The lowest BCUT2D eigenvalue weighted by Gasteiger charge is -2.27. The van der Waals surface area contributed by atoms with Crippen LogP contribution in [0, 0.1) is 12.7 Å². The molecule has 1 aliphatic rings. The quantitative estimate of drug-likeness (QED) is 0.732. The highest BCUT2D eigenvalue weighted by Crippen LogP contribution is 2.33. The molecule has 0 bridgehead atoms. The van der Waals surface area contributed by atoms with E-state index < -0.39 is 0 Å². The normalized spacial score (nSPS) is 16.1.